The zero-order valence-corrected chi connectivity index (χ0v) is 16.4. The molecule has 0 bridgehead atoms. The minimum Gasteiger partial charge on any atom is -0.331 e. The van der Waals surface area contributed by atoms with Crippen LogP contribution >= 0.6 is 12.2 Å². The Morgan fingerprint density at radius 1 is 1.17 bits per heavy atom. The van der Waals surface area contributed by atoms with E-state index in [0.29, 0.717) is 11.1 Å². The lowest BCUT2D eigenvalue weighted by Gasteiger charge is -2.13. The molecule has 0 saturated carbocycles. The predicted molar refractivity (Wildman–Crippen MR) is 108 cm³/mol. The zero-order chi connectivity index (χ0) is 21.2. The van der Waals surface area contributed by atoms with Gasteiger partial charge in [0.1, 0.15) is 5.82 Å². The quantitative estimate of drug-likeness (QED) is 0.440. The number of amides is 1. The molecule has 6 nitrogen and oxygen atoms in total. The average molecular weight is 421 g/mol. The molecule has 1 heterocycles. The van der Waals surface area contributed by atoms with Crippen molar-refractivity contribution in [2.75, 3.05) is 5.32 Å². The van der Waals surface area contributed by atoms with Crippen molar-refractivity contribution >= 4 is 40.0 Å². The Morgan fingerprint density at radius 2 is 1.93 bits per heavy atom. The summed E-state index contributed by atoms with van der Waals surface area (Å²) in [7, 11) is 0. The number of nitrogens with one attached hydrogen (secondary N) is 3. The molecule has 0 aliphatic heterocycles. The molecule has 0 spiro atoms. The summed E-state index contributed by atoms with van der Waals surface area (Å²) in [6, 6.07) is 9.72. The highest BCUT2D eigenvalue weighted by Crippen LogP contribution is 2.30. The molecule has 152 valence electrons. The monoisotopic (exact) mass is 421 g/mol. The van der Waals surface area contributed by atoms with Crippen LogP contribution in [0.3, 0.4) is 0 Å². The molecule has 3 rings (SSSR count). The van der Waals surface area contributed by atoms with Crippen LogP contribution in [0.4, 0.5) is 18.9 Å². The summed E-state index contributed by atoms with van der Waals surface area (Å²) in [5.74, 6) is 0.397. The molecule has 1 aromatic heterocycles. The van der Waals surface area contributed by atoms with Crippen LogP contribution in [0.25, 0.3) is 11.0 Å². The van der Waals surface area contributed by atoms with Crippen molar-refractivity contribution in [3.05, 3.63) is 59.4 Å². The van der Waals surface area contributed by atoms with Crippen LogP contribution in [0, 0.1) is 6.92 Å². The summed E-state index contributed by atoms with van der Waals surface area (Å²) in [6.45, 7) is 4.67. The van der Waals surface area contributed by atoms with Crippen molar-refractivity contribution in [1.82, 2.24) is 20.4 Å². The van der Waals surface area contributed by atoms with Gasteiger partial charge in [-0.15, -0.1) is 0 Å². The number of fused-ring (bicyclic) bond motifs is 1. The van der Waals surface area contributed by atoms with E-state index >= 15 is 0 Å². The Balaban J connectivity index is 1.63. The first-order valence-electron chi connectivity index (χ1n) is 8.70. The van der Waals surface area contributed by atoms with E-state index in [-0.39, 0.29) is 10.8 Å². The first-order chi connectivity index (χ1) is 13.7. The fraction of sp³-hybridized carbons (Fsp3) is 0.211. The Kier molecular flexibility index (Phi) is 5.73. The first kappa shape index (κ1) is 20.6. The van der Waals surface area contributed by atoms with E-state index in [0.717, 1.165) is 30.0 Å². The van der Waals surface area contributed by atoms with E-state index in [4.69, 9.17) is 12.2 Å². The average Bonchev–Trinajstić information content (AvgIpc) is 2.99. The van der Waals surface area contributed by atoms with E-state index in [2.05, 4.69) is 21.2 Å². The van der Waals surface area contributed by atoms with E-state index < -0.39 is 17.6 Å². The molecule has 2 aromatic carbocycles. The number of carbonyl (C=O) groups is 1. The molecule has 0 unspecified atom stereocenters. The fourth-order valence-corrected chi connectivity index (χ4v) is 3.08. The second-order valence-corrected chi connectivity index (χ2v) is 6.63. The van der Waals surface area contributed by atoms with Crippen molar-refractivity contribution in [1.29, 1.82) is 0 Å². The summed E-state index contributed by atoms with van der Waals surface area (Å²) < 4.78 is 40.3. The maximum atomic E-state index is 12.8. The number of benzene rings is 2. The molecule has 0 fully saturated rings. The number of carbonyl (C=O) groups excluding carboxylic acids is 1. The van der Waals surface area contributed by atoms with Crippen molar-refractivity contribution in [3.63, 3.8) is 0 Å². The Labute approximate surface area is 170 Å². The number of alkyl halides is 3. The van der Waals surface area contributed by atoms with Gasteiger partial charge in [-0.05, 0) is 62.5 Å². The predicted octanol–water partition coefficient (Wildman–Crippen LogP) is 4.01. The number of hydrogen-bond acceptors (Lipinski definition) is 3. The van der Waals surface area contributed by atoms with Crippen LogP contribution in [0.1, 0.15) is 28.7 Å². The smallest absolute Gasteiger partial charge is 0.331 e. The van der Waals surface area contributed by atoms with Crippen LogP contribution in [0.15, 0.2) is 42.5 Å². The largest absolute Gasteiger partial charge is 0.416 e. The number of hydrazine groups is 1. The van der Waals surface area contributed by atoms with E-state index in [1.54, 1.807) is 12.1 Å². The van der Waals surface area contributed by atoms with Crippen molar-refractivity contribution in [2.24, 2.45) is 0 Å². The van der Waals surface area contributed by atoms with Crippen LogP contribution < -0.4 is 16.2 Å². The van der Waals surface area contributed by atoms with E-state index in [1.807, 2.05) is 24.5 Å². The van der Waals surface area contributed by atoms with Gasteiger partial charge >= 0.3 is 6.18 Å². The summed E-state index contributed by atoms with van der Waals surface area (Å²) in [6.07, 6.45) is -4.46. The molecule has 0 aliphatic rings. The Hall–Kier alpha value is -3.14. The second kappa shape index (κ2) is 8.08. The lowest BCUT2D eigenvalue weighted by Crippen LogP contribution is -2.43. The van der Waals surface area contributed by atoms with Crippen LogP contribution in [-0.2, 0) is 12.7 Å². The minimum atomic E-state index is -4.46. The summed E-state index contributed by atoms with van der Waals surface area (Å²) in [4.78, 5) is 16.8. The molecule has 3 aromatic rings. The van der Waals surface area contributed by atoms with Crippen molar-refractivity contribution in [2.45, 2.75) is 26.6 Å². The molecule has 0 atom stereocenters. The van der Waals surface area contributed by atoms with Gasteiger partial charge in [0.25, 0.3) is 5.91 Å². The summed E-state index contributed by atoms with van der Waals surface area (Å²) in [5.41, 5.74) is 6.23. The zero-order valence-electron chi connectivity index (χ0n) is 15.6. The number of halogens is 3. The van der Waals surface area contributed by atoms with Gasteiger partial charge in [0, 0.05) is 17.8 Å². The van der Waals surface area contributed by atoms with Gasteiger partial charge in [-0.2, -0.15) is 13.2 Å². The number of nitrogens with zero attached hydrogens (tertiary/aromatic N) is 2. The number of aromatic nitrogens is 2. The number of hydrogen-bond donors (Lipinski definition) is 3. The molecule has 0 saturated heterocycles. The molecule has 29 heavy (non-hydrogen) atoms. The fourth-order valence-electron chi connectivity index (χ4n) is 2.91. The summed E-state index contributed by atoms with van der Waals surface area (Å²) >= 11 is 5.02. The van der Waals surface area contributed by atoms with Gasteiger partial charge in [0.15, 0.2) is 5.11 Å². The highest BCUT2D eigenvalue weighted by molar-refractivity contribution is 7.80. The Bertz CT molecular complexity index is 1080. The van der Waals surface area contributed by atoms with Crippen LogP contribution in [-0.4, -0.2) is 20.6 Å². The lowest BCUT2D eigenvalue weighted by atomic mass is 10.2. The van der Waals surface area contributed by atoms with Gasteiger partial charge in [-0.1, -0.05) is 6.07 Å². The third-order valence-corrected chi connectivity index (χ3v) is 4.46. The SMILES string of the molecule is CCn1c(C)nc2cc(C(=O)NNC(=S)Nc3cccc(C(F)(F)F)c3)ccc21. The molecular weight excluding hydrogens is 403 g/mol. The normalized spacial score (nSPS) is 11.3. The molecule has 10 heteroatoms. The molecule has 1 amide bonds. The highest BCUT2D eigenvalue weighted by Gasteiger charge is 2.30. The maximum absolute atomic E-state index is 12.8. The number of thiocarbonyl (C=S) groups is 1. The highest BCUT2D eigenvalue weighted by atomic mass is 32.1. The third-order valence-electron chi connectivity index (χ3n) is 4.25. The number of rotatable bonds is 3. The van der Waals surface area contributed by atoms with Gasteiger partial charge in [0.05, 0.1) is 16.6 Å². The van der Waals surface area contributed by atoms with Gasteiger partial charge < -0.3 is 9.88 Å². The second-order valence-electron chi connectivity index (χ2n) is 6.22. The van der Waals surface area contributed by atoms with Crippen LogP contribution in [0.2, 0.25) is 0 Å². The van der Waals surface area contributed by atoms with Gasteiger partial charge in [-0.3, -0.25) is 15.6 Å². The molecule has 0 radical (unpaired) electrons. The van der Waals surface area contributed by atoms with Gasteiger partial charge in [-0.25, -0.2) is 4.98 Å². The standard InChI is InChI=1S/C19H18F3N5OS/c1-3-27-11(2)23-15-9-12(7-8-16(15)27)17(28)25-26-18(29)24-14-6-4-5-13(10-14)19(20,21)22/h4-10H,3H2,1-2H3,(H,25,28)(H2,24,26,29). The first-order valence-corrected chi connectivity index (χ1v) is 9.11. The molecule has 0 aliphatic carbocycles. The van der Waals surface area contributed by atoms with E-state index in [9.17, 15) is 18.0 Å². The van der Waals surface area contributed by atoms with Crippen molar-refractivity contribution < 1.29 is 18.0 Å². The maximum Gasteiger partial charge on any atom is 0.416 e. The van der Waals surface area contributed by atoms with Crippen molar-refractivity contribution in [3.8, 4) is 0 Å². The van der Waals surface area contributed by atoms with Gasteiger partial charge in [0.2, 0.25) is 0 Å². The minimum absolute atomic E-state index is 0.0511. The number of aryl methyl sites for hydroxylation is 2. The number of anilines is 1. The third kappa shape index (κ3) is 4.65. The molecular formula is C19H18F3N5OS. The number of imidazole rings is 1. The lowest BCUT2D eigenvalue weighted by molar-refractivity contribution is -0.137. The Morgan fingerprint density at radius 3 is 2.62 bits per heavy atom. The van der Waals surface area contributed by atoms with Crippen LogP contribution in [0.5, 0.6) is 0 Å². The molecule has 3 N–H and O–H groups in total. The summed E-state index contributed by atoms with van der Waals surface area (Å²) in [5, 5.41) is 2.55. The van der Waals surface area contributed by atoms with E-state index in [1.165, 1.54) is 12.1 Å². The topological polar surface area (TPSA) is 71.0 Å².